The Labute approximate surface area is 294 Å². The first-order chi connectivity index (χ1) is 23.5. The summed E-state index contributed by atoms with van der Waals surface area (Å²) in [5.41, 5.74) is 0. The maximum Gasteiger partial charge on any atom is 0.306 e. The zero-order chi connectivity index (χ0) is 35.2. The Morgan fingerprint density at radius 1 is 0.542 bits per heavy atom. The second-order valence-corrected chi connectivity index (χ2v) is 13.0. The minimum atomic E-state index is -0.885. The van der Waals surface area contributed by atoms with E-state index < -0.39 is 18.7 Å². The van der Waals surface area contributed by atoms with Gasteiger partial charge in [0.15, 0.2) is 11.9 Å². The van der Waals surface area contributed by atoms with Crippen molar-refractivity contribution >= 4 is 17.7 Å². The van der Waals surface area contributed by atoms with Crippen LogP contribution < -0.4 is 0 Å². The van der Waals surface area contributed by atoms with Gasteiger partial charge in [0, 0.05) is 19.3 Å². The molecule has 0 heterocycles. The molecule has 1 N–H and O–H groups in total. The van der Waals surface area contributed by atoms with Crippen molar-refractivity contribution in [1.29, 1.82) is 0 Å². The van der Waals surface area contributed by atoms with E-state index in [1.165, 1.54) is 109 Å². The third-order valence-electron chi connectivity index (χ3n) is 8.35. The molecule has 0 unspecified atom stereocenters. The summed E-state index contributed by atoms with van der Waals surface area (Å²) >= 11 is 0. The van der Waals surface area contributed by atoms with E-state index in [0.717, 1.165) is 38.5 Å². The summed E-state index contributed by atoms with van der Waals surface area (Å²) < 4.78 is 10.5. The van der Waals surface area contributed by atoms with Crippen LogP contribution >= 0.6 is 0 Å². The Balaban J connectivity index is 3.75. The van der Waals surface area contributed by atoms with Crippen molar-refractivity contribution in [2.45, 2.75) is 187 Å². The molecule has 0 aromatic carbocycles. The van der Waals surface area contributed by atoms with Crippen LogP contribution in [0.4, 0.5) is 0 Å². The van der Waals surface area contributed by atoms with Gasteiger partial charge in [-0.05, 0) is 44.6 Å². The lowest BCUT2D eigenvalue weighted by molar-refractivity contribution is -0.161. The number of ketones is 1. The van der Waals surface area contributed by atoms with Gasteiger partial charge < -0.3 is 14.6 Å². The molecule has 0 aliphatic rings. The van der Waals surface area contributed by atoms with Gasteiger partial charge in [0.05, 0.1) is 6.61 Å². The van der Waals surface area contributed by atoms with Crippen LogP contribution in [-0.2, 0) is 23.9 Å². The molecule has 6 heteroatoms. The lowest BCUT2D eigenvalue weighted by atomic mass is 10.0. The fraction of sp³-hybridized carbons (Fsp3) is 0.738. The minimum Gasteiger partial charge on any atom is -0.462 e. The zero-order valence-corrected chi connectivity index (χ0v) is 31.0. The molecule has 0 saturated carbocycles. The molecule has 1 atom stereocenters. The van der Waals surface area contributed by atoms with Gasteiger partial charge in [0.2, 0.25) is 0 Å². The third kappa shape index (κ3) is 34.9. The van der Waals surface area contributed by atoms with Gasteiger partial charge in [-0.2, -0.15) is 0 Å². The Bertz CT molecular complexity index is 871. The van der Waals surface area contributed by atoms with Crippen LogP contribution in [0.15, 0.2) is 48.6 Å². The smallest absolute Gasteiger partial charge is 0.306 e. The van der Waals surface area contributed by atoms with Gasteiger partial charge in [0.25, 0.3) is 0 Å². The van der Waals surface area contributed by atoms with E-state index in [1.807, 2.05) is 12.2 Å². The molecule has 48 heavy (non-hydrogen) atoms. The highest BCUT2D eigenvalue weighted by Gasteiger charge is 2.16. The molecule has 0 aliphatic carbocycles. The van der Waals surface area contributed by atoms with Gasteiger partial charge in [0.1, 0.15) is 6.61 Å². The van der Waals surface area contributed by atoms with Crippen molar-refractivity contribution in [2.75, 3.05) is 13.2 Å². The largest absolute Gasteiger partial charge is 0.462 e. The van der Waals surface area contributed by atoms with Crippen LogP contribution in [0.25, 0.3) is 0 Å². The molecule has 6 nitrogen and oxygen atoms in total. The van der Waals surface area contributed by atoms with Crippen LogP contribution in [-0.4, -0.2) is 42.1 Å². The molecular formula is C42H72O6. The normalized spacial score (nSPS) is 12.6. The standard InChI is InChI=1S/C42H72O6/c1-3-5-7-9-11-13-15-17-18-19-21-23-25-27-29-31-35-41(45)47-38-40(37-43)48-42(46)36-32-34-39(44)33-30-28-26-24-22-20-16-14-12-10-8-6-4-2/h12,14,20,22,26,28,30,33,40,43H,3-11,13,15-19,21,23-25,27,29,31-32,34-38H2,1-2H3/b14-12-,22-20-,28-26-,33-30+/t40-/m0/s1. The van der Waals surface area contributed by atoms with Crippen molar-refractivity contribution in [3.63, 3.8) is 0 Å². The minimum absolute atomic E-state index is 0.0575. The number of rotatable bonds is 35. The maximum absolute atomic E-state index is 12.1. The topological polar surface area (TPSA) is 89.9 Å². The average molecular weight is 673 g/mol. The highest BCUT2D eigenvalue weighted by atomic mass is 16.6. The van der Waals surface area contributed by atoms with Gasteiger partial charge >= 0.3 is 11.9 Å². The van der Waals surface area contributed by atoms with E-state index in [1.54, 1.807) is 6.08 Å². The molecule has 0 aromatic rings. The molecule has 0 amide bonds. The quantitative estimate of drug-likeness (QED) is 0.0237. The zero-order valence-electron chi connectivity index (χ0n) is 31.0. The Hall–Kier alpha value is -2.47. The number of carbonyl (C=O) groups excluding carboxylic acids is 3. The van der Waals surface area contributed by atoms with E-state index in [2.05, 4.69) is 38.2 Å². The predicted octanol–water partition coefficient (Wildman–Crippen LogP) is 11.4. The number of ether oxygens (including phenoxy) is 2. The summed E-state index contributed by atoms with van der Waals surface area (Å²) in [7, 11) is 0. The summed E-state index contributed by atoms with van der Waals surface area (Å²) in [6, 6.07) is 0. The molecule has 0 aromatic heterocycles. The van der Waals surface area contributed by atoms with E-state index in [-0.39, 0.29) is 31.2 Å². The van der Waals surface area contributed by atoms with Crippen LogP contribution in [0.5, 0.6) is 0 Å². The van der Waals surface area contributed by atoms with Gasteiger partial charge in [-0.25, -0.2) is 0 Å². The molecule has 0 rings (SSSR count). The number of carbonyl (C=O) groups is 3. The molecule has 0 radical (unpaired) electrons. The van der Waals surface area contributed by atoms with Crippen molar-refractivity contribution in [3.05, 3.63) is 48.6 Å². The highest BCUT2D eigenvalue weighted by Crippen LogP contribution is 2.14. The number of allylic oxidation sites excluding steroid dienone is 8. The predicted molar refractivity (Wildman–Crippen MR) is 201 cm³/mol. The Morgan fingerprint density at radius 2 is 1.04 bits per heavy atom. The molecule has 276 valence electrons. The van der Waals surface area contributed by atoms with Crippen LogP contribution in [0.3, 0.4) is 0 Å². The van der Waals surface area contributed by atoms with Gasteiger partial charge in [-0.1, -0.05) is 166 Å². The fourth-order valence-corrected chi connectivity index (χ4v) is 5.33. The van der Waals surface area contributed by atoms with Gasteiger partial charge in [-0.3, -0.25) is 14.4 Å². The first-order valence-corrected chi connectivity index (χ1v) is 19.6. The van der Waals surface area contributed by atoms with Crippen LogP contribution in [0, 0.1) is 0 Å². The number of hydrogen-bond acceptors (Lipinski definition) is 6. The lowest BCUT2D eigenvalue weighted by Crippen LogP contribution is -2.28. The molecule has 0 spiro atoms. The number of aliphatic hydroxyl groups is 1. The molecule has 0 aliphatic heterocycles. The summed E-state index contributed by atoms with van der Waals surface area (Å²) in [5.74, 6) is -0.900. The Morgan fingerprint density at radius 3 is 1.62 bits per heavy atom. The van der Waals surface area contributed by atoms with Crippen molar-refractivity contribution in [3.8, 4) is 0 Å². The molecule has 0 bridgehead atoms. The van der Waals surface area contributed by atoms with E-state index in [4.69, 9.17) is 9.47 Å². The van der Waals surface area contributed by atoms with E-state index in [0.29, 0.717) is 12.8 Å². The molecular weight excluding hydrogens is 600 g/mol. The SMILES string of the molecule is CCCCC/C=C\C/C=C\C/C=C\C=C\C(=O)CCCC(=O)O[C@@H](CO)COC(=O)CCCCCCCCCCCCCCCCCC. The summed E-state index contributed by atoms with van der Waals surface area (Å²) in [5, 5.41) is 9.53. The fourth-order valence-electron chi connectivity index (χ4n) is 5.33. The second kappa shape index (κ2) is 37.4. The first kappa shape index (κ1) is 45.5. The number of unbranched alkanes of at least 4 members (excludes halogenated alkanes) is 18. The lowest BCUT2D eigenvalue weighted by Gasteiger charge is -2.15. The molecule has 0 fully saturated rings. The number of aliphatic hydroxyl groups excluding tert-OH is 1. The van der Waals surface area contributed by atoms with Crippen molar-refractivity contribution in [1.82, 2.24) is 0 Å². The first-order valence-electron chi connectivity index (χ1n) is 19.6. The highest BCUT2D eigenvalue weighted by molar-refractivity contribution is 5.90. The number of esters is 2. The van der Waals surface area contributed by atoms with Crippen molar-refractivity contribution in [2.24, 2.45) is 0 Å². The summed E-state index contributed by atoms with van der Waals surface area (Å²) in [6.07, 6.45) is 43.1. The second-order valence-electron chi connectivity index (χ2n) is 13.0. The van der Waals surface area contributed by atoms with Gasteiger partial charge in [-0.15, -0.1) is 0 Å². The van der Waals surface area contributed by atoms with Crippen LogP contribution in [0.1, 0.15) is 181 Å². The summed E-state index contributed by atoms with van der Waals surface area (Å²) in [6.45, 7) is 3.90. The average Bonchev–Trinajstić information content (AvgIpc) is 3.08. The number of hydrogen-bond donors (Lipinski definition) is 1. The van der Waals surface area contributed by atoms with E-state index >= 15 is 0 Å². The van der Waals surface area contributed by atoms with Crippen LogP contribution in [0.2, 0.25) is 0 Å². The third-order valence-corrected chi connectivity index (χ3v) is 8.35. The van der Waals surface area contributed by atoms with E-state index in [9.17, 15) is 19.5 Å². The molecule has 0 saturated heterocycles. The monoisotopic (exact) mass is 673 g/mol. The Kier molecular flexibility index (Phi) is 35.4. The summed E-state index contributed by atoms with van der Waals surface area (Å²) in [4.78, 5) is 36.3. The van der Waals surface area contributed by atoms with Crippen molar-refractivity contribution < 1.29 is 29.0 Å². The maximum atomic E-state index is 12.1.